The number of amides is 1. The lowest BCUT2D eigenvalue weighted by atomic mass is 10.3. The number of halogens is 3. The Morgan fingerprint density at radius 3 is 2.53 bits per heavy atom. The normalized spacial score (nSPS) is 29.3. The van der Waals surface area contributed by atoms with Crippen molar-refractivity contribution in [2.75, 3.05) is 5.75 Å². The summed E-state index contributed by atoms with van der Waals surface area (Å²) >= 11 is 1.66. The summed E-state index contributed by atoms with van der Waals surface area (Å²) in [7, 11) is 0. The Morgan fingerprint density at radius 1 is 1.58 bits per heavy atom. The summed E-state index contributed by atoms with van der Waals surface area (Å²) in [6.45, 7) is 0. The molecule has 0 spiro atoms. The fraction of sp³-hybridized carbons (Fsp3) is 0.667. The van der Waals surface area contributed by atoms with E-state index in [1.54, 1.807) is 16.7 Å². The van der Waals surface area contributed by atoms with E-state index in [9.17, 15) is 18.0 Å². The van der Waals surface area contributed by atoms with Gasteiger partial charge in [0.15, 0.2) is 0 Å². The highest BCUT2D eigenvalue weighted by Gasteiger charge is 2.46. The van der Waals surface area contributed by atoms with Gasteiger partial charge in [-0.05, 0) is 0 Å². The van der Waals surface area contributed by atoms with Gasteiger partial charge in [-0.25, -0.2) is 4.79 Å². The molecule has 0 aliphatic carbocycles. The zero-order valence-electron chi connectivity index (χ0n) is 9.42. The summed E-state index contributed by atoms with van der Waals surface area (Å²) in [5, 5.41) is 16.0. The van der Waals surface area contributed by atoms with Gasteiger partial charge in [0.1, 0.15) is 6.04 Å². The molecule has 106 valence electrons. The van der Waals surface area contributed by atoms with E-state index in [1.165, 1.54) is 0 Å². The molecule has 0 bridgehead atoms. The molecule has 1 amide bonds. The number of thioether (sulfide) groups is 1. The second-order valence-electron chi connectivity index (χ2n) is 3.82. The minimum atomic E-state index is -5.08. The third-order valence-electron chi connectivity index (χ3n) is 2.51. The zero-order chi connectivity index (χ0) is 14.8. The van der Waals surface area contributed by atoms with Crippen LogP contribution in [0.3, 0.4) is 0 Å². The number of nitrogens with zero attached hydrogens (tertiary/aromatic N) is 2. The molecule has 2 saturated heterocycles. The number of aliphatic carboxylic acids is 1. The molecule has 0 unspecified atom stereocenters. The van der Waals surface area contributed by atoms with Gasteiger partial charge in [0, 0.05) is 12.2 Å². The number of hydrogen-bond acceptors (Lipinski definition) is 5. The van der Waals surface area contributed by atoms with Crippen LogP contribution in [-0.4, -0.2) is 51.3 Å². The molecule has 6 nitrogen and oxygen atoms in total. The van der Waals surface area contributed by atoms with E-state index in [2.05, 4.69) is 6.07 Å². The van der Waals surface area contributed by atoms with E-state index < -0.39 is 12.1 Å². The van der Waals surface area contributed by atoms with Crippen molar-refractivity contribution in [3.8, 4) is 6.07 Å². The van der Waals surface area contributed by atoms with E-state index in [-0.39, 0.29) is 23.4 Å². The summed E-state index contributed by atoms with van der Waals surface area (Å²) in [5.41, 5.74) is 5.57. The van der Waals surface area contributed by atoms with Crippen LogP contribution in [0.15, 0.2) is 0 Å². The van der Waals surface area contributed by atoms with Crippen molar-refractivity contribution < 1.29 is 27.9 Å². The van der Waals surface area contributed by atoms with Crippen LogP contribution in [0.1, 0.15) is 6.42 Å². The number of rotatable bonds is 0. The fourth-order valence-electron chi connectivity index (χ4n) is 1.65. The number of nitriles is 1. The molecule has 10 heteroatoms. The van der Waals surface area contributed by atoms with Crippen molar-refractivity contribution >= 4 is 23.6 Å². The van der Waals surface area contributed by atoms with E-state index >= 15 is 0 Å². The Kier molecular flexibility index (Phi) is 4.65. The van der Waals surface area contributed by atoms with Crippen LogP contribution in [0.5, 0.6) is 0 Å². The first kappa shape index (κ1) is 15.6. The average molecular weight is 297 g/mol. The lowest BCUT2D eigenvalue weighted by molar-refractivity contribution is -0.192. The number of carbonyl (C=O) groups excluding carboxylic acids is 1. The van der Waals surface area contributed by atoms with E-state index in [4.69, 9.17) is 20.9 Å². The molecule has 0 aromatic carbocycles. The number of hydrogen-bond donors (Lipinski definition) is 2. The monoisotopic (exact) mass is 297 g/mol. The maximum atomic E-state index is 11.4. The van der Waals surface area contributed by atoms with Crippen molar-refractivity contribution in [3.05, 3.63) is 0 Å². The predicted octanol–water partition coefficient (Wildman–Crippen LogP) is 0.144. The molecular weight excluding hydrogens is 287 g/mol. The van der Waals surface area contributed by atoms with Crippen LogP contribution in [0, 0.1) is 11.3 Å². The Morgan fingerprint density at radius 2 is 2.11 bits per heavy atom. The third kappa shape index (κ3) is 3.51. The van der Waals surface area contributed by atoms with Crippen LogP contribution in [0.25, 0.3) is 0 Å². The lowest BCUT2D eigenvalue weighted by Gasteiger charge is -2.17. The maximum absolute atomic E-state index is 11.4. The Balaban J connectivity index is 0.000000224. The summed E-state index contributed by atoms with van der Waals surface area (Å²) in [6.07, 6.45) is -4.39. The number of carboxylic acids is 1. The van der Waals surface area contributed by atoms with E-state index in [1.807, 2.05) is 0 Å². The molecule has 0 aromatic heterocycles. The quantitative estimate of drug-likeness (QED) is 0.658. The highest BCUT2D eigenvalue weighted by molar-refractivity contribution is 8.00. The lowest BCUT2D eigenvalue weighted by Crippen LogP contribution is -2.39. The molecule has 19 heavy (non-hydrogen) atoms. The maximum Gasteiger partial charge on any atom is 0.490 e. The van der Waals surface area contributed by atoms with Gasteiger partial charge in [-0.2, -0.15) is 18.4 Å². The average Bonchev–Trinajstić information content (AvgIpc) is 2.80. The molecule has 2 fully saturated rings. The summed E-state index contributed by atoms with van der Waals surface area (Å²) in [6, 6.07) is 1.49. The number of alkyl halides is 3. The van der Waals surface area contributed by atoms with Crippen LogP contribution >= 0.6 is 11.8 Å². The molecule has 2 aliphatic rings. The summed E-state index contributed by atoms with van der Waals surface area (Å²) < 4.78 is 31.7. The Hall–Kier alpha value is -1.47. The predicted molar refractivity (Wildman–Crippen MR) is 58.8 cm³/mol. The van der Waals surface area contributed by atoms with Crippen LogP contribution in [0.4, 0.5) is 13.2 Å². The second-order valence-corrected chi connectivity index (χ2v) is 5.03. The molecule has 0 saturated carbocycles. The topological polar surface area (TPSA) is 107 Å². The second kappa shape index (κ2) is 5.66. The molecule has 3 atom stereocenters. The SMILES string of the molecule is N#C[C@@H]1CS[C@H]2C[C@@H](N)C(=O)N12.O=C(O)C(F)(F)F. The molecule has 2 rings (SSSR count). The molecule has 2 aliphatic heterocycles. The summed E-state index contributed by atoms with van der Waals surface area (Å²) in [4.78, 5) is 21.9. The van der Waals surface area contributed by atoms with Gasteiger partial charge in [-0.3, -0.25) is 4.79 Å². The summed E-state index contributed by atoms with van der Waals surface area (Å²) in [5.74, 6) is -2.08. The van der Waals surface area contributed by atoms with Gasteiger partial charge in [-0.1, -0.05) is 0 Å². The van der Waals surface area contributed by atoms with Crippen molar-refractivity contribution in [3.63, 3.8) is 0 Å². The van der Waals surface area contributed by atoms with Crippen molar-refractivity contribution in [1.29, 1.82) is 5.26 Å². The number of fused-ring (bicyclic) bond motifs is 1. The Labute approximate surface area is 110 Å². The highest BCUT2D eigenvalue weighted by Crippen LogP contribution is 2.36. The van der Waals surface area contributed by atoms with Crippen LogP contribution < -0.4 is 5.73 Å². The standard InChI is InChI=1S/C7H9N3OS.C2HF3O2/c8-2-4-3-12-6-1-5(9)7(11)10(4)6;3-2(4,5)1(6)7/h4-6H,1,3,9H2;(H,6,7)/t4-,5-,6+;/m1./s1. The van der Waals surface area contributed by atoms with E-state index in [0.717, 1.165) is 5.75 Å². The van der Waals surface area contributed by atoms with Gasteiger partial charge in [0.05, 0.1) is 17.5 Å². The van der Waals surface area contributed by atoms with Crippen molar-refractivity contribution in [1.82, 2.24) is 4.90 Å². The number of nitrogens with two attached hydrogens (primary N) is 1. The number of carboxylic acid groups (broad SMARTS) is 1. The molecule has 0 radical (unpaired) electrons. The van der Waals surface area contributed by atoms with Crippen LogP contribution in [0.2, 0.25) is 0 Å². The minimum Gasteiger partial charge on any atom is -0.475 e. The smallest absolute Gasteiger partial charge is 0.475 e. The molecular formula is C9H10F3N3O3S. The molecule has 3 N–H and O–H groups in total. The fourth-order valence-corrected chi connectivity index (χ4v) is 3.04. The third-order valence-corrected chi connectivity index (χ3v) is 3.82. The first-order valence-corrected chi connectivity index (χ1v) is 6.12. The van der Waals surface area contributed by atoms with Gasteiger partial charge < -0.3 is 15.7 Å². The first-order chi connectivity index (χ1) is 8.68. The first-order valence-electron chi connectivity index (χ1n) is 5.07. The van der Waals surface area contributed by atoms with Gasteiger partial charge in [0.2, 0.25) is 5.91 Å². The largest absolute Gasteiger partial charge is 0.490 e. The van der Waals surface area contributed by atoms with Gasteiger partial charge in [-0.15, -0.1) is 11.8 Å². The van der Waals surface area contributed by atoms with Crippen molar-refractivity contribution in [2.45, 2.75) is 30.1 Å². The van der Waals surface area contributed by atoms with Crippen LogP contribution in [-0.2, 0) is 9.59 Å². The highest BCUT2D eigenvalue weighted by atomic mass is 32.2. The van der Waals surface area contributed by atoms with Gasteiger partial charge >= 0.3 is 12.1 Å². The molecule has 2 heterocycles. The minimum absolute atomic E-state index is 0.0587. The number of carbonyl (C=O) groups is 2. The van der Waals surface area contributed by atoms with E-state index in [0.29, 0.717) is 6.42 Å². The van der Waals surface area contributed by atoms with Crippen molar-refractivity contribution in [2.24, 2.45) is 5.73 Å². The Bertz CT molecular complexity index is 423. The zero-order valence-corrected chi connectivity index (χ0v) is 10.2. The van der Waals surface area contributed by atoms with Gasteiger partial charge in [0.25, 0.3) is 0 Å². The molecule has 0 aromatic rings.